The number of nitriles is 1. The second-order valence-corrected chi connectivity index (χ2v) is 4.62. The standard InChI is InChI=1S/C12H10FN3S/c1-8-11(7-14)12(16(2)15-8)17-10-5-3-9(13)4-6-10/h3-6H,1-2H3. The number of aryl methyl sites for hydroxylation is 2. The molecule has 0 saturated carbocycles. The summed E-state index contributed by atoms with van der Waals surface area (Å²) in [6.45, 7) is 1.80. The van der Waals surface area contributed by atoms with Crippen molar-refractivity contribution in [3.8, 4) is 6.07 Å². The van der Waals surface area contributed by atoms with Crippen molar-refractivity contribution in [1.29, 1.82) is 5.26 Å². The number of aromatic nitrogens is 2. The lowest BCUT2D eigenvalue weighted by molar-refractivity contribution is 0.626. The molecule has 5 heteroatoms. The van der Waals surface area contributed by atoms with Crippen molar-refractivity contribution in [3.05, 3.63) is 41.3 Å². The molecule has 1 aromatic carbocycles. The molecule has 0 saturated heterocycles. The molecule has 0 spiro atoms. The number of hydrogen-bond acceptors (Lipinski definition) is 3. The van der Waals surface area contributed by atoms with Gasteiger partial charge in [0, 0.05) is 11.9 Å². The lowest BCUT2D eigenvalue weighted by Crippen LogP contribution is -1.92. The maximum absolute atomic E-state index is 12.8. The molecule has 0 fully saturated rings. The zero-order chi connectivity index (χ0) is 12.4. The van der Waals surface area contributed by atoms with E-state index in [0.717, 1.165) is 9.92 Å². The molecule has 86 valence electrons. The predicted molar refractivity (Wildman–Crippen MR) is 63.2 cm³/mol. The fraction of sp³-hybridized carbons (Fsp3) is 0.167. The Morgan fingerprint density at radius 2 is 2.00 bits per heavy atom. The van der Waals surface area contributed by atoms with E-state index in [4.69, 9.17) is 5.26 Å². The van der Waals surface area contributed by atoms with Crippen LogP contribution in [0.5, 0.6) is 0 Å². The first kappa shape index (κ1) is 11.7. The van der Waals surface area contributed by atoms with Crippen LogP contribution in [0.4, 0.5) is 4.39 Å². The summed E-state index contributed by atoms with van der Waals surface area (Å²) >= 11 is 1.41. The van der Waals surface area contributed by atoms with Gasteiger partial charge in [0.05, 0.1) is 5.69 Å². The molecule has 1 aromatic heterocycles. The monoisotopic (exact) mass is 247 g/mol. The Morgan fingerprint density at radius 3 is 2.59 bits per heavy atom. The van der Waals surface area contributed by atoms with Crippen molar-refractivity contribution < 1.29 is 4.39 Å². The third-order valence-electron chi connectivity index (χ3n) is 2.31. The van der Waals surface area contributed by atoms with Crippen LogP contribution in [0.1, 0.15) is 11.3 Å². The Balaban J connectivity index is 2.36. The summed E-state index contributed by atoms with van der Waals surface area (Å²) in [6.07, 6.45) is 0. The summed E-state index contributed by atoms with van der Waals surface area (Å²) in [5.74, 6) is -0.268. The number of nitrogens with zero attached hydrogens (tertiary/aromatic N) is 3. The van der Waals surface area contributed by atoms with Crippen LogP contribution in [0.2, 0.25) is 0 Å². The fourth-order valence-electron chi connectivity index (χ4n) is 1.50. The number of halogens is 1. The molecule has 3 nitrogen and oxygen atoms in total. The molecule has 0 atom stereocenters. The number of rotatable bonds is 2. The van der Waals surface area contributed by atoms with Crippen LogP contribution in [-0.4, -0.2) is 9.78 Å². The van der Waals surface area contributed by atoms with Crippen molar-refractivity contribution in [2.45, 2.75) is 16.8 Å². The maximum Gasteiger partial charge on any atom is 0.123 e. The van der Waals surface area contributed by atoms with Crippen molar-refractivity contribution in [3.63, 3.8) is 0 Å². The molecule has 17 heavy (non-hydrogen) atoms. The summed E-state index contributed by atoms with van der Waals surface area (Å²) in [5.41, 5.74) is 1.28. The minimum atomic E-state index is -0.268. The van der Waals surface area contributed by atoms with Gasteiger partial charge >= 0.3 is 0 Å². The molecule has 0 unspecified atom stereocenters. The fourth-order valence-corrected chi connectivity index (χ4v) is 2.46. The lowest BCUT2D eigenvalue weighted by atomic mass is 10.3. The van der Waals surface area contributed by atoms with Crippen LogP contribution < -0.4 is 0 Å². The van der Waals surface area contributed by atoms with E-state index < -0.39 is 0 Å². The highest BCUT2D eigenvalue weighted by Crippen LogP contribution is 2.31. The Morgan fingerprint density at radius 1 is 1.35 bits per heavy atom. The van der Waals surface area contributed by atoms with Crippen molar-refractivity contribution in [2.75, 3.05) is 0 Å². The molecule has 2 rings (SSSR count). The lowest BCUT2D eigenvalue weighted by Gasteiger charge is -2.02. The number of benzene rings is 1. The summed E-state index contributed by atoms with van der Waals surface area (Å²) in [6, 6.07) is 8.31. The van der Waals surface area contributed by atoms with Crippen LogP contribution in [0, 0.1) is 24.1 Å². The van der Waals surface area contributed by atoms with Gasteiger partial charge < -0.3 is 0 Å². The minimum absolute atomic E-state index is 0.268. The summed E-state index contributed by atoms with van der Waals surface area (Å²) in [4.78, 5) is 0.880. The second-order valence-electron chi connectivity index (χ2n) is 3.56. The number of hydrogen-bond donors (Lipinski definition) is 0. The van der Waals surface area contributed by atoms with Gasteiger partial charge in [-0.2, -0.15) is 10.4 Å². The Hall–Kier alpha value is -1.80. The Bertz CT molecular complexity index is 581. The van der Waals surface area contributed by atoms with E-state index in [0.29, 0.717) is 11.3 Å². The quantitative estimate of drug-likeness (QED) is 0.819. The van der Waals surface area contributed by atoms with Crippen LogP contribution >= 0.6 is 11.8 Å². The van der Waals surface area contributed by atoms with Crippen molar-refractivity contribution in [1.82, 2.24) is 9.78 Å². The topological polar surface area (TPSA) is 41.6 Å². The normalized spacial score (nSPS) is 10.2. The third-order valence-corrected chi connectivity index (χ3v) is 3.48. The van der Waals surface area contributed by atoms with Crippen molar-refractivity contribution in [2.24, 2.45) is 7.05 Å². The first-order valence-corrected chi connectivity index (χ1v) is 5.80. The van der Waals surface area contributed by atoms with E-state index in [2.05, 4.69) is 11.2 Å². The highest BCUT2D eigenvalue weighted by atomic mass is 32.2. The molecular weight excluding hydrogens is 237 g/mol. The zero-order valence-electron chi connectivity index (χ0n) is 9.44. The van der Waals surface area contributed by atoms with E-state index in [1.165, 1.54) is 23.9 Å². The van der Waals surface area contributed by atoms with Gasteiger partial charge in [-0.1, -0.05) is 11.8 Å². The van der Waals surface area contributed by atoms with Gasteiger partial charge in [-0.25, -0.2) is 4.39 Å². The van der Waals surface area contributed by atoms with Crippen LogP contribution in [0.25, 0.3) is 0 Å². The summed E-state index contributed by atoms with van der Waals surface area (Å²) in [5, 5.41) is 14.0. The van der Waals surface area contributed by atoms with Crippen LogP contribution in [0.3, 0.4) is 0 Å². The first-order chi connectivity index (χ1) is 8.11. The first-order valence-electron chi connectivity index (χ1n) is 4.99. The molecule has 0 aliphatic heterocycles. The van der Waals surface area contributed by atoms with Gasteiger partial charge in [-0.3, -0.25) is 4.68 Å². The average molecular weight is 247 g/mol. The van der Waals surface area contributed by atoms with Gasteiger partial charge in [0.25, 0.3) is 0 Å². The molecule has 1 heterocycles. The van der Waals surface area contributed by atoms with Gasteiger partial charge in [-0.15, -0.1) is 0 Å². The third kappa shape index (κ3) is 2.32. The molecule has 0 bridgehead atoms. The van der Waals surface area contributed by atoms with E-state index in [1.54, 1.807) is 30.8 Å². The molecule has 0 radical (unpaired) electrons. The zero-order valence-corrected chi connectivity index (χ0v) is 10.3. The molecule has 0 aliphatic rings. The molecule has 0 aliphatic carbocycles. The summed E-state index contributed by atoms with van der Waals surface area (Å²) < 4.78 is 14.4. The van der Waals surface area contributed by atoms with Crippen LogP contribution in [0.15, 0.2) is 34.2 Å². The SMILES string of the molecule is Cc1nn(C)c(Sc2ccc(F)cc2)c1C#N. The van der Waals surface area contributed by atoms with E-state index in [9.17, 15) is 4.39 Å². The van der Waals surface area contributed by atoms with Crippen LogP contribution in [-0.2, 0) is 7.05 Å². The second kappa shape index (κ2) is 4.60. The highest BCUT2D eigenvalue weighted by Gasteiger charge is 2.13. The van der Waals surface area contributed by atoms with Gasteiger partial charge in [-0.05, 0) is 31.2 Å². The van der Waals surface area contributed by atoms with E-state index in [-0.39, 0.29) is 5.82 Å². The predicted octanol–water partition coefficient (Wildman–Crippen LogP) is 2.89. The minimum Gasteiger partial charge on any atom is -0.260 e. The average Bonchev–Trinajstić information content (AvgIpc) is 2.57. The Labute approximate surface area is 103 Å². The molecule has 0 N–H and O–H groups in total. The summed E-state index contributed by atoms with van der Waals surface area (Å²) in [7, 11) is 1.79. The molecule has 2 aromatic rings. The molecular formula is C12H10FN3S. The van der Waals surface area contributed by atoms with E-state index in [1.807, 2.05) is 0 Å². The largest absolute Gasteiger partial charge is 0.260 e. The van der Waals surface area contributed by atoms with Crippen molar-refractivity contribution >= 4 is 11.8 Å². The van der Waals surface area contributed by atoms with Gasteiger partial charge in [0.1, 0.15) is 22.5 Å². The molecule has 0 amide bonds. The van der Waals surface area contributed by atoms with Gasteiger partial charge in [0.15, 0.2) is 0 Å². The Kier molecular flexibility index (Phi) is 3.16. The highest BCUT2D eigenvalue weighted by molar-refractivity contribution is 7.99. The van der Waals surface area contributed by atoms with E-state index >= 15 is 0 Å². The smallest absolute Gasteiger partial charge is 0.123 e. The maximum atomic E-state index is 12.8. The van der Waals surface area contributed by atoms with Gasteiger partial charge in [0.2, 0.25) is 0 Å².